The third-order valence-electron chi connectivity index (χ3n) is 7.59. The number of halogens is 3. The molecule has 0 radical (unpaired) electrons. The zero-order valence-corrected chi connectivity index (χ0v) is 21.7. The van der Waals surface area contributed by atoms with Gasteiger partial charge in [0.25, 0.3) is 0 Å². The number of fused-ring (bicyclic) bond motifs is 1. The quantitative estimate of drug-likeness (QED) is 0.207. The van der Waals surface area contributed by atoms with Gasteiger partial charge in [-0.1, -0.05) is 0 Å². The molecule has 1 atom stereocenters. The van der Waals surface area contributed by atoms with Crippen molar-refractivity contribution >= 4 is 22.5 Å². The number of hydrogen-bond donors (Lipinski definition) is 4. The molecule has 1 aliphatic heterocycles. The first-order valence-electron chi connectivity index (χ1n) is 12.8. The van der Waals surface area contributed by atoms with E-state index in [1.165, 1.54) is 25.4 Å². The average molecular weight is 547 g/mol. The number of amides is 1. The number of alkyl halides is 1. The number of anilines is 1. The normalized spacial score (nSPS) is 16.2. The number of piperidine rings is 1. The van der Waals surface area contributed by atoms with E-state index >= 15 is 0 Å². The van der Waals surface area contributed by atoms with Gasteiger partial charge in [0.15, 0.2) is 0 Å². The molecule has 8 nitrogen and oxygen atoms in total. The Labute approximate surface area is 224 Å². The molecule has 0 unspecified atom stereocenters. The second kappa shape index (κ2) is 12.6. The van der Waals surface area contributed by atoms with Gasteiger partial charge in [-0.25, -0.2) is 18.7 Å². The monoisotopic (exact) mass is 546 g/mol. The number of pyridine rings is 1. The van der Waals surface area contributed by atoms with Gasteiger partial charge >= 0.3 is 0 Å². The smallest absolute Gasteiger partial charge is 0.249 e. The molecule has 0 aliphatic carbocycles. The molecule has 2 heterocycles. The van der Waals surface area contributed by atoms with Crippen molar-refractivity contribution in [3.8, 4) is 5.75 Å². The highest BCUT2D eigenvalue weighted by Gasteiger charge is 2.41. The molecule has 1 amide bonds. The van der Waals surface area contributed by atoms with Gasteiger partial charge in [-0.2, -0.15) is 0 Å². The summed E-state index contributed by atoms with van der Waals surface area (Å²) >= 11 is 0. The zero-order chi connectivity index (χ0) is 28.0. The van der Waals surface area contributed by atoms with Crippen LogP contribution in [-0.4, -0.2) is 59.4 Å². The largest absolute Gasteiger partial charge is 0.497 e. The van der Waals surface area contributed by atoms with E-state index in [4.69, 9.17) is 4.74 Å². The Kier molecular flexibility index (Phi) is 9.26. The molecular weight excluding hydrogens is 513 g/mol. The van der Waals surface area contributed by atoms with Crippen LogP contribution in [0.3, 0.4) is 0 Å². The van der Waals surface area contributed by atoms with E-state index in [0.717, 1.165) is 6.07 Å². The molecule has 11 heteroatoms. The van der Waals surface area contributed by atoms with Crippen molar-refractivity contribution in [3.63, 3.8) is 0 Å². The van der Waals surface area contributed by atoms with Crippen LogP contribution in [0.2, 0.25) is 0 Å². The summed E-state index contributed by atoms with van der Waals surface area (Å²) in [6.45, 7) is 1.33. The molecule has 2 aromatic carbocycles. The number of aliphatic hydroxyl groups is 1. The maximum atomic E-state index is 13.9. The summed E-state index contributed by atoms with van der Waals surface area (Å²) in [6.07, 6.45) is 1.65. The summed E-state index contributed by atoms with van der Waals surface area (Å²) in [7, 11) is 1.52. The molecule has 0 spiro atoms. The van der Waals surface area contributed by atoms with Gasteiger partial charge in [-0.15, -0.1) is 0 Å². The van der Waals surface area contributed by atoms with Gasteiger partial charge < -0.3 is 20.1 Å². The van der Waals surface area contributed by atoms with E-state index in [-0.39, 0.29) is 18.4 Å². The van der Waals surface area contributed by atoms with Crippen LogP contribution in [-0.2, 0) is 11.5 Å². The van der Waals surface area contributed by atoms with E-state index in [1.807, 2.05) is 0 Å². The number of nitrogens with one attached hydrogen (secondary N) is 2. The number of carbonyl (C=O) groups excluding carboxylic acids is 1. The Hall–Kier alpha value is -3.41. The molecule has 4 N–H and O–H groups in total. The maximum Gasteiger partial charge on any atom is 0.249 e. The number of methoxy groups -OCH3 is 1. The predicted octanol–water partition coefficient (Wildman–Crippen LogP) is 4.50. The minimum atomic E-state index is -1.06. The lowest BCUT2D eigenvalue weighted by Crippen LogP contribution is -2.49. The Balaban J connectivity index is 1.41. The van der Waals surface area contributed by atoms with Crippen LogP contribution in [0.25, 0.3) is 10.9 Å². The Morgan fingerprint density at radius 3 is 2.54 bits per heavy atom. The fraction of sp³-hybridized carbons (Fsp3) is 0.429. The summed E-state index contributed by atoms with van der Waals surface area (Å²) in [5.41, 5.74) is 2.49. The van der Waals surface area contributed by atoms with Crippen molar-refractivity contribution in [2.24, 2.45) is 5.41 Å². The van der Waals surface area contributed by atoms with Crippen molar-refractivity contribution in [1.82, 2.24) is 15.4 Å². The van der Waals surface area contributed by atoms with Crippen LogP contribution in [0.4, 0.5) is 18.9 Å². The van der Waals surface area contributed by atoms with Crippen LogP contribution in [0.5, 0.6) is 5.75 Å². The van der Waals surface area contributed by atoms with E-state index in [9.17, 15) is 28.3 Å². The molecule has 0 bridgehead atoms. The highest BCUT2D eigenvalue weighted by molar-refractivity contribution is 5.85. The minimum absolute atomic E-state index is 0.170. The van der Waals surface area contributed by atoms with Gasteiger partial charge in [0.2, 0.25) is 5.91 Å². The molecule has 0 saturated carbocycles. The first-order valence-corrected chi connectivity index (χ1v) is 12.8. The van der Waals surface area contributed by atoms with E-state index in [1.54, 1.807) is 23.7 Å². The number of likely N-dealkylation sites (tertiary alicyclic amines) is 1. The number of aliphatic hydroxyl groups excluding tert-OH is 1. The number of ether oxygens (including phenoxy) is 1. The highest BCUT2D eigenvalue weighted by Crippen LogP contribution is 2.40. The maximum absolute atomic E-state index is 13.9. The van der Waals surface area contributed by atoms with Crippen LogP contribution in [0.1, 0.15) is 42.9 Å². The van der Waals surface area contributed by atoms with Crippen molar-refractivity contribution in [2.45, 2.75) is 38.5 Å². The van der Waals surface area contributed by atoms with E-state index in [0.29, 0.717) is 66.9 Å². The van der Waals surface area contributed by atoms with Crippen molar-refractivity contribution in [1.29, 1.82) is 0 Å². The van der Waals surface area contributed by atoms with Crippen molar-refractivity contribution < 1.29 is 33.0 Å². The summed E-state index contributed by atoms with van der Waals surface area (Å²) in [5.74, 6) is -1.28. The third-order valence-corrected chi connectivity index (χ3v) is 7.59. The van der Waals surface area contributed by atoms with E-state index in [2.05, 4.69) is 15.2 Å². The van der Waals surface area contributed by atoms with Crippen molar-refractivity contribution in [2.75, 3.05) is 38.6 Å². The first kappa shape index (κ1) is 28.6. The Morgan fingerprint density at radius 1 is 1.18 bits per heavy atom. The lowest BCUT2D eigenvalue weighted by molar-refractivity contribution is -0.143. The van der Waals surface area contributed by atoms with Gasteiger partial charge in [0.05, 0.1) is 24.1 Å². The Bertz CT molecular complexity index is 1280. The number of hydrogen-bond acceptors (Lipinski definition) is 7. The van der Waals surface area contributed by atoms with Gasteiger partial charge in [-0.05, 0) is 74.7 Å². The third kappa shape index (κ3) is 6.60. The molecule has 1 fully saturated rings. The van der Waals surface area contributed by atoms with Crippen LogP contribution >= 0.6 is 0 Å². The minimum Gasteiger partial charge on any atom is -0.497 e. The summed E-state index contributed by atoms with van der Waals surface area (Å²) < 4.78 is 46.0. The van der Waals surface area contributed by atoms with Crippen LogP contribution in [0.15, 0.2) is 42.6 Å². The molecule has 210 valence electrons. The molecular formula is C28H33F3N4O4. The number of aromatic nitrogens is 1. The first-order chi connectivity index (χ1) is 18.8. The molecule has 1 saturated heterocycles. The SMILES string of the molecule is COc1ccc2ncc(CF)c([C@H](O)CCC3(C(=O)NO)CCN(CCNc4cc(F)cc(F)c4)CC3)c2c1. The second-order valence-corrected chi connectivity index (χ2v) is 9.92. The second-order valence-electron chi connectivity index (χ2n) is 9.92. The highest BCUT2D eigenvalue weighted by atomic mass is 19.1. The lowest BCUT2D eigenvalue weighted by Gasteiger charge is -2.40. The van der Waals surface area contributed by atoms with Crippen molar-refractivity contribution in [3.05, 3.63) is 65.4 Å². The summed E-state index contributed by atoms with van der Waals surface area (Å²) in [5, 5.41) is 24.3. The van der Waals surface area contributed by atoms with Gasteiger partial charge in [0.1, 0.15) is 24.1 Å². The van der Waals surface area contributed by atoms with Gasteiger partial charge in [-0.3, -0.25) is 15.0 Å². The fourth-order valence-corrected chi connectivity index (χ4v) is 5.35. The molecule has 4 rings (SSSR count). The fourth-order valence-electron chi connectivity index (χ4n) is 5.35. The van der Waals surface area contributed by atoms with Gasteiger partial charge in [0, 0.05) is 42.0 Å². The average Bonchev–Trinajstić information content (AvgIpc) is 2.94. The number of nitrogens with zero attached hydrogens (tertiary/aromatic N) is 2. The topological polar surface area (TPSA) is 107 Å². The number of hydroxylamine groups is 1. The summed E-state index contributed by atoms with van der Waals surface area (Å²) in [4.78, 5) is 19.2. The lowest BCUT2D eigenvalue weighted by atomic mass is 9.73. The Morgan fingerprint density at radius 2 is 1.90 bits per heavy atom. The van der Waals surface area contributed by atoms with Crippen LogP contribution in [0, 0.1) is 17.0 Å². The van der Waals surface area contributed by atoms with Crippen LogP contribution < -0.4 is 15.5 Å². The predicted molar refractivity (Wildman–Crippen MR) is 140 cm³/mol. The standard InChI is InChI=1S/C28H33F3N4O4/c1-39-22-2-3-24-23(15-22)26(18(16-29)17-33-24)25(36)4-5-28(27(37)34-38)6-9-35(10-7-28)11-8-32-21-13-19(30)12-20(31)14-21/h2-3,12-15,17,25,32,36,38H,4-11,16H2,1H3,(H,34,37)/t25-/m1/s1. The van der Waals surface area contributed by atoms with E-state index < -0.39 is 35.7 Å². The summed E-state index contributed by atoms with van der Waals surface area (Å²) in [6, 6.07) is 8.44. The molecule has 3 aromatic rings. The molecule has 1 aliphatic rings. The molecule has 1 aromatic heterocycles. The molecule has 39 heavy (non-hydrogen) atoms. The number of carbonyl (C=O) groups is 1. The number of rotatable bonds is 11. The zero-order valence-electron chi connectivity index (χ0n) is 21.7. The number of benzene rings is 2.